The molecule has 19 heteroatoms. The zero-order valence-corrected chi connectivity index (χ0v) is 70.1. The molecule has 0 amide bonds. The highest BCUT2D eigenvalue weighted by Gasteiger charge is 2.30. The molecule has 0 aromatic heterocycles. The van der Waals surface area contributed by atoms with E-state index in [-0.39, 0.29) is 25.7 Å². The van der Waals surface area contributed by atoms with Gasteiger partial charge >= 0.3 is 39.5 Å². The molecule has 0 aliphatic heterocycles. The van der Waals surface area contributed by atoms with E-state index in [0.717, 1.165) is 102 Å². The molecule has 5 atom stereocenters. The standard InChI is InChI=1S/C85H166O17P2/c1-7-9-11-13-15-17-18-19-20-21-22-23-24-25-30-33-39-45-51-57-63-69-84(89)102-81(74-96-83(88)68-62-56-50-44-38-32-29-27-26-28-31-36-42-47-53-59-65-77(3)4)76-100-104(93,94)98-72-79(86)71-97-103(91,92)99-75-80(73-95-82(87)67-61-55-49-41-16-14-12-10-8-2)101-85(90)70-64-58-52-46-40-35-34-37-43-48-54-60-66-78(5)6/h77-81,86H,7-76H2,1-6H3,(H,91,92)(H,93,94)/t79-,80+,81+/m0/s1. The Morgan fingerprint density at radius 1 is 0.260 bits per heavy atom. The number of phosphoric acid groups is 2. The number of esters is 4. The molecule has 0 heterocycles. The SMILES string of the molecule is CCCCCCCCCCCCCCCCCCCCCCCC(=O)O[C@H](COC(=O)CCCCCCCCCCCCCCCCCCC(C)C)COP(=O)(O)OC[C@@H](O)COP(=O)(O)OC[C@@H](COC(=O)CCCCCCCCCCC)OC(=O)CCCCCCCCCCCCCCC(C)C. The van der Waals surface area contributed by atoms with Gasteiger partial charge in [0.1, 0.15) is 19.3 Å². The maximum atomic E-state index is 13.1. The second kappa shape index (κ2) is 76.4. The van der Waals surface area contributed by atoms with Gasteiger partial charge in [-0.25, -0.2) is 9.13 Å². The number of ether oxygens (including phenoxy) is 4. The Balaban J connectivity index is 5.21. The third kappa shape index (κ3) is 78.2. The monoisotopic (exact) mass is 1520 g/mol. The van der Waals surface area contributed by atoms with Crippen LogP contribution in [0.4, 0.5) is 0 Å². The Hall–Kier alpha value is -1.94. The number of phosphoric ester groups is 2. The van der Waals surface area contributed by atoms with Gasteiger partial charge < -0.3 is 33.8 Å². The van der Waals surface area contributed by atoms with Gasteiger partial charge in [0.15, 0.2) is 12.2 Å². The molecule has 17 nitrogen and oxygen atoms in total. The topological polar surface area (TPSA) is 237 Å². The number of carbonyl (C=O) groups excluding carboxylic acids is 4. The fourth-order valence-electron chi connectivity index (χ4n) is 13.2. The number of unbranched alkanes of at least 4 members (excludes halogenated alkanes) is 54. The molecule has 0 rings (SSSR count). The number of aliphatic hydroxyl groups is 1. The molecule has 3 N–H and O–H groups in total. The summed E-state index contributed by atoms with van der Waals surface area (Å²) < 4.78 is 68.8. The molecule has 0 radical (unpaired) electrons. The van der Waals surface area contributed by atoms with Gasteiger partial charge in [-0.3, -0.25) is 37.3 Å². The van der Waals surface area contributed by atoms with E-state index in [1.165, 1.54) is 270 Å². The Morgan fingerprint density at radius 2 is 0.442 bits per heavy atom. The maximum absolute atomic E-state index is 13.1. The zero-order valence-electron chi connectivity index (χ0n) is 68.3. The lowest BCUT2D eigenvalue weighted by atomic mass is 10.0. The average molecular weight is 1520 g/mol. The van der Waals surface area contributed by atoms with E-state index in [9.17, 15) is 43.2 Å². The van der Waals surface area contributed by atoms with E-state index in [4.69, 9.17) is 37.0 Å². The van der Waals surface area contributed by atoms with Crippen LogP contribution in [0.25, 0.3) is 0 Å². The van der Waals surface area contributed by atoms with Crippen molar-refractivity contribution in [2.75, 3.05) is 39.6 Å². The molecule has 0 aliphatic carbocycles. The summed E-state index contributed by atoms with van der Waals surface area (Å²) in [6.07, 6.45) is 68.1. The summed E-state index contributed by atoms with van der Waals surface area (Å²) in [5.41, 5.74) is 0. The molecule has 0 bridgehead atoms. The summed E-state index contributed by atoms with van der Waals surface area (Å²) in [4.78, 5) is 73.1. The fourth-order valence-corrected chi connectivity index (χ4v) is 14.8. The Bertz CT molecular complexity index is 1990. The quantitative estimate of drug-likeness (QED) is 0.0222. The van der Waals surface area contributed by atoms with Gasteiger partial charge in [-0.05, 0) is 37.5 Å². The predicted octanol–water partition coefficient (Wildman–Crippen LogP) is 25.8. The van der Waals surface area contributed by atoms with E-state index in [0.29, 0.717) is 25.7 Å². The molecule has 0 fully saturated rings. The van der Waals surface area contributed by atoms with Crippen molar-refractivity contribution in [3.63, 3.8) is 0 Å². The minimum atomic E-state index is -4.96. The minimum Gasteiger partial charge on any atom is -0.462 e. The van der Waals surface area contributed by atoms with Crippen molar-refractivity contribution >= 4 is 39.5 Å². The van der Waals surface area contributed by atoms with Crippen LogP contribution in [-0.4, -0.2) is 96.7 Å². The molecule has 2 unspecified atom stereocenters. The van der Waals surface area contributed by atoms with Crippen molar-refractivity contribution in [2.24, 2.45) is 11.8 Å². The van der Waals surface area contributed by atoms with Crippen LogP contribution < -0.4 is 0 Å². The molecule has 0 aromatic rings. The van der Waals surface area contributed by atoms with Gasteiger partial charge in [0.25, 0.3) is 0 Å². The molecule has 104 heavy (non-hydrogen) atoms. The number of aliphatic hydroxyl groups excluding tert-OH is 1. The lowest BCUT2D eigenvalue weighted by Crippen LogP contribution is -2.30. The summed E-state index contributed by atoms with van der Waals surface area (Å²) in [7, 11) is -9.92. The summed E-state index contributed by atoms with van der Waals surface area (Å²) in [6.45, 7) is 9.68. The third-order valence-corrected chi connectivity index (χ3v) is 21.9. The highest BCUT2D eigenvalue weighted by Crippen LogP contribution is 2.45. The van der Waals surface area contributed by atoms with Crippen LogP contribution in [0.1, 0.15) is 452 Å². The zero-order chi connectivity index (χ0) is 76.4. The predicted molar refractivity (Wildman–Crippen MR) is 428 cm³/mol. The van der Waals surface area contributed by atoms with E-state index in [1.54, 1.807) is 0 Å². The first-order valence-corrected chi connectivity index (χ1v) is 47.0. The molecular weight excluding hydrogens is 1350 g/mol. The van der Waals surface area contributed by atoms with Crippen LogP contribution >= 0.6 is 15.6 Å². The molecule has 0 aromatic carbocycles. The van der Waals surface area contributed by atoms with Gasteiger partial charge in [-0.15, -0.1) is 0 Å². The average Bonchev–Trinajstić information content (AvgIpc) is 0.924. The molecule has 0 saturated carbocycles. The van der Waals surface area contributed by atoms with Crippen molar-refractivity contribution in [3.8, 4) is 0 Å². The first kappa shape index (κ1) is 102. The van der Waals surface area contributed by atoms with Crippen LogP contribution in [0.5, 0.6) is 0 Å². The van der Waals surface area contributed by atoms with Crippen molar-refractivity contribution in [2.45, 2.75) is 471 Å². The highest BCUT2D eigenvalue weighted by molar-refractivity contribution is 7.47. The number of carbonyl (C=O) groups is 4. The van der Waals surface area contributed by atoms with Crippen LogP contribution in [0.3, 0.4) is 0 Å². The second-order valence-electron chi connectivity index (χ2n) is 31.5. The van der Waals surface area contributed by atoms with Crippen molar-refractivity contribution in [1.29, 1.82) is 0 Å². The summed E-state index contributed by atoms with van der Waals surface area (Å²) in [5, 5.41) is 10.7. The van der Waals surface area contributed by atoms with Crippen LogP contribution in [0, 0.1) is 11.8 Å². The van der Waals surface area contributed by atoms with E-state index in [1.807, 2.05) is 0 Å². The Kier molecular flexibility index (Phi) is 75.0. The lowest BCUT2D eigenvalue weighted by molar-refractivity contribution is -0.161. The van der Waals surface area contributed by atoms with Gasteiger partial charge in [0, 0.05) is 25.7 Å². The lowest BCUT2D eigenvalue weighted by Gasteiger charge is -2.21. The first-order valence-electron chi connectivity index (χ1n) is 44.0. The van der Waals surface area contributed by atoms with E-state index < -0.39 is 97.5 Å². The second-order valence-corrected chi connectivity index (χ2v) is 34.4. The van der Waals surface area contributed by atoms with Crippen LogP contribution in [0.2, 0.25) is 0 Å². The van der Waals surface area contributed by atoms with Gasteiger partial charge in [-0.1, -0.05) is 401 Å². The number of hydrogen-bond donors (Lipinski definition) is 3. The Labute approximate surface area is 638 Å². The largest absolute Gasteiger partial charge is 0.472 e. The smallest absolute Gasteiger partial charge is 0.462 e. The van der Waals surface area contributed by atoms with Gasteiger partial charge in [-0.2, -0.15) is 0 Å². The van der Waals surface area contributed by atoms with Crippen molar-refractivity contribution in [3.05, 3.63) is 0 Å². The third-order valence-electron chi connectivity index (χ3n) is 20.0. The van der Waals surface area contributed by atoms with Crippen LogP contribution in [-0.2, 0) is 65.4 Å². The van der Waals surface area contributed by atoms with Crippen molar-refractivity contribution < 1.29 is 80.2 Å². The number of hydrogen-bond acceptors (Lipinski definition) is 15. The summed E-state index contributed by atoms with van der Waals surface area (Å²) in [5.74, 6) is -0.516. The summed E-state index contributed by atoms with van der Waals surface area (Å²) in [6, 6.07) is 0. The molecule has 0 saturated heterocycles. The maximum Gasteiger partial charge on any atom is 0.472 e. The molecule has 0 spiro atoms. The Morgan fingerprint density at radius 3 is 0.654 bits per heavy atom. The fraction of sp³-hybridized carbons (Fsp3) is 0.953. The van der Waals surface area contributed by atoms with Crippen LogP contribution in [0.15, 0.2) is 0 Å². The number of rotatable bonds is 84. The van der Waals surface area contributed by atoms with E-state index in [2.05, 4.69) is 41.5 Å². The van der Waals surface area contributed by atoms with E-state index >= 15 is 0 Å². The molecular formula is C85H166O17P2. The molecule has 0 aliphatic rings. The molecule has 618 valence electrons. The normalized spacial score (nSPS) is 13.8. The van der Waals surface area contributed by atoms with Crippen molar-refractivity contribution in [1.82, 2.24) is 0 Å². The first-order chi connectivity index (χ1) is 50.4. The minimum absolute atomic E-state index is 0.107. The van der Waals surface area contributed by atoms with Gasteiger partial charge in [0.05, 0.1) is 26.4 Å². The highest BCUT2D eigenvalue weighted by atomic mass is 31.2. The summed E-state index contributed by atoms with van der Waals surface area (Å²) >= 11 is 0. The van der Waals surface area contributed by atoms with Gasteiger partial charge in [0.2, 0.25) is 0 Å².